The Bertz CT molecular complexity index is 28.0. The van der Waals surface area contributed by atoms with Crippen molar-refractivity contribution in [1.82, 2.24) is 0 Å². The molecule has 1 N–H and O–H groups in total. The molecule has 36 valence electrons. The van der Waals surface area contributed by atoms with Gasteiger partial charge in [0.2, 0.25) is 0 Å². The summed E-state index contributed by atoms with van der Waals surface area (Å²) in [6.07, 6.45) is 0. The molecule has 0 radical (unpaired) electrons. The molecule has 6 heavy (non-hydrogen) atoms. The highest BCUT2D eigenvalue weighted by Gasteiger charge is 2.07. The highest BCUT2D eigenvalue weighted by atomic mass is 31.0. The number of hydrogen-bond donors (Lipinski definition) is 1. The molecule has 0 saturated carbocycles. The molecule has 0 aliphatic rings. The van der Waals surface area contributed by atoms with E-state index in [4.69, 9.17) is 5.02 Å². The predicted molar refractivity (Wildman–Crippen MR) is 29.6 cm³/mol. The molecule has 0 amide bonds. The standard InChI is InChI=1S/BH5O3P2/c2-1(3-5)4-6/h2H,5-6H2. The molecule has 0 fully saturated rings. The monoisotopic (exact) mass is 126 g/mol. The van der Waals surface area contributed by atoms with Crippen molar-refractivity contribution in [2.24, 2.45) is 0 Å². The SMILES string of the molecule is OB(OP)OP. The average Bonchev–Trinajstić information content (AvgIpc) is 1.65. The molecular formula is H5BO3P2. The first-order valence-corrected chi connectivity index (χ1v) is 2.14. The van der Waals surface area contributed by atoms with Crippen LogP contribution in [0.2, 0.25) is 0 Å². The van der Waals surface area contributed by atoms with Gasteiger partial charge in [-0.2, -0.15) is 0 Å². The van der Waals surface area contributed by atoms with Crippen LogP contribution in [0.5, 0.6) is 0 Å². The van der Waals surface area contributed by atoms with Crippen molar-refractivity contribution in [2.75, 3.05) is 0 Å². The van der Waals surface area contributed by atoms with Gasteiger partial charge in [0.05, 0.1) is 0 Å². The van der Waals surface area contributed by atoms with Gasteiger partial charge in [-0.25, -0.2) is 0 Å². The molecule has 0 heterocycles. The Hall–Kier alpha value is 0.805. The van der Waals surface area contributed by atoms with Crippen molar-refractivity contribution < 1.29 is 13.9 Å². The molecule has 0 rings (SSSR count). The van der Waals surface area contributed by atoms with E-state index in [9.17, 15) is 0 Å². The van der Waals surface area contributed by atoms with Gasteiger partial charge in [0.1, 0.15) is 0 Å². The van der Waals surface area contributed by atoms with E-state index in [1.54, 1.807) is 0 Å². The van der Waals surface area contributed by atoms with E-state index < -0.39 is 7.32 Å². The molecule has 6 heteroatoms. The second-order valence-electron chi connectivity index (χ2n) is 0.579. The second-order valence-corrected chi connectivity index (χ2v) is 1.12. The summed E-state index contributed by atoms with van der Waals surface area (Å²) in [7, 11) is 2.56. The molecule has 3 nitrogen and oxygen atoms in total. The van der Waals surface area contributed by atoms with Crippen molar-refractivity contribution in [1.29, 1.82) is 0 Å². The van der Waals surface area contributed by atoms with E-state index in [0.29, 0.717) is 0 Å². The fourth-order valence-electron chi connectivity index (χ4n) is 0.0321. The van der Waals surface area contributed by atoms with Crippen LogP contribution in [0.3, 0.4) is 0 Å². The highest BCUT2D eigenvalue weighted by molar-refractivity contribution is 7.15. The van der Waals surface area contributed by atoms with E-state index in [2.05, 4.69) is 8.88 Å². The molecular weight excluding hydrogens is 121 g/mol. The van der Waals surface area contributed by atoms with Crippen molar-refractivity contribution in [2.45, 2.75) is 0 Å². The topological polar surface area (TPSA) is 38.7 Å². The summed E-state index contributed by atoms with van der Waals surface area (Å²) in [5, 5.41) is 8.18. The van der Waals surface area contributed by atoms with Crippen molar-refractivity contribution in [3.8, 4) is 0 Å². The minimum atomic E-state index is -1.14. The maximum absolute atomic E-state index is 8.18. The number of rotatable bonds is 2. The summed E-state index contributed by atoms with van der Waals surface area (Å²) in [4.78, 5) is 0. The zero-order valence-corrected chi connectivity index (χ0v) is 5.31. The summed E-state index contributed by atoms with van der Waals surface area (Å²) < 4.78 is 8.26. The van der Waals surface area contributed by atoms with Gasteiger partial charge in [0.25, 0.3) is 0 Å². The largest absolute Gasteiger partial charge is 0.642 e. The van der Waals surface area contributed by atoms with E-state index in [0.717, 1.165) is 0 Å². The first-order valence-electron chi connectivity index (χ1n) is 1.20. The summed E-state index contributed by atoms with van der Waals surface area (Å²) >= 11 is 0. The lowest BCUT2D eigenvalue weighted by molar-refractivity contribution is 0.339. The van der Waals surface area contributed by atoms with Crippen LogP contribution in [0.1, 0.15) is 0 Å². The van der Waals surface area contributed by atoms with Crippen LogP contribution in [0.15, 0.2) is 0 Å². The van der Waals surface area contributed by atoms with E-state index in [-0.39, 0.29) is 0 Å². The van der Waals surface area contributed by atoms with Crippen LogP contribution in [0.4, 0.5) is 0 Å². The Kier molecular flexibility index (Phi) is 4.51. The predicted octanol–water partition coefficient (Wildman–Crippen LogP) is -0.423. The minimum Gasteiger partial charge on any atom is -0.401 e. The van der Waals surface area contributed by atoms with E-state index in [1.807, 2.05) is 18.9 Å². The Morgan fingerprint density at radius 3 is 1.67 bits per heavy atom. The van der Waals surface area contributed by atoms with Gasteiger partial charge in [-0.15, -0.1) is 0 Å². The second kappa shape index (κ2) is 3.98. The molecule has 0 saturated heterocycles. The van der Waals surface area contributed by atoms with Gasteiger partial charge in [0.15, 0.2) is 0 Å². The summed E-state index contributed by atoms with van der Waals surface area (Å²) in [6, 6.07) is 0. The first-order chi connectivity index (χ1) is 2.81. The van der Waals surface area contributed by atoms with Crippen LogP contribution in [0, 0.1) is 0 Å². The van der Waals surface area contributed by atoms with Gasteiger partial charge < -0.3 is 13.9 Å². The Morgan fingerprint density at radius 1 is 1.33 bits per heavy atom. The molecule has 2 unspecified atom stereocenters. The minimum absolute atomic E-state index is 1.14. The third-order valence-electron chi connectivity index (χ3n) is 0.233. The third kappa shape index (κ3) is 3.01. The molecule has 0 aromatic rings. The Labute approximate surface area is 41.2 Å². The molecule has 0 spiro atoms. The van der Waals surface area contributed by atoms with E-state index >= 15 is 0 Å². The highest BCUT2D eigenvalue weighted by Crippen LogP contribution is 1.94. The van der Waals surface area contributed by atoms with Gasteiger partial charge >= 0.3 is 7.32 Å². The van der Waals surface area contributed by atoms with Crippen LogP contribution in [-0.2, 0) is 8.88 Å². The van der Waals surface area contributed by atoms with E-state index in [1.165, 1.54) is 0 Å². The number of hydrogen-bond acceptors (Lipinski definition) is 3. The summed E-state index contributed by atoms with van der Waals surface area (Å²) in [5.74, 6) is 0. The lowest BCUT2D eigenvalue weighted by Crippen LogP contribution is -2.11. The Balaban J connectivity index is 2.75. The average molecular weight is 126 g/mol. The van der Waals surface area contributed by atoms with Gasteiger partial charge in [0, 0.05) is 0 Å². The molecule has 0 aromatic carbocycles. The molecule has 2 atom stereocenters. The lowest BCUT2D eigenvalue weighted by atomic mass is 10.3. The smallest absolute Gasteiger partial charge is 0.401 e. The fraction of sp³-hybridized carbons (Fsp3) is 0. The van der Waals surface area contributed by atoms with Crippen molar-refractivity contribution in [3.63, 3.8) is 0 Å². The lowest BCUT2D eigenvalue weighted by Gasteiger charge is -1.93. The first kappa shape index (κ1) is 6.80. The van der Waals surface area contributed by atoms with Crippen LogP contribution in [-0.4, -0.2) is 12.3 Å². The van der Waals surface area contributed by atoms with Crippen molar-refractivity contribution in [3.05, 3.63) is 0 Å². The van der Waals surface area contributed by atoms with Crippen molar-refractivity contribution >= 4 is 26.3 Å². The van der Waals surface area contributed by atoms with Gasteiger partial charge in [-0.3, -0.25) is 0 Å². The van der Waals surface area contributed by atoms with Crippen LogP contribution >= 0.6 is 18.9 Å². The van der Waals surface area contributed by atoms with Crippen LogP contribution in [0.25, 0.3) is 0 Å². The molecule has 0 aliphatic heterocycles. The summed E-state index contributed by atoms with van der Waals surface area (Å²) in [6.45, 7) is 0. The quantitative estimate of drug-likeness (QED) is 0.403. The Morgan fingerprint density at radius 2 is 1.67 bits per heavy atom. The normalized spacial score (nSPS) is 8.50. The zero-order valence-electron chi connectivity index (χ0n) is 3.00. The van der Waals surface area contributed by atoms with Crippen LogP contribution < -0.4 is 0 Å². The molecule has 0 bridgehead atoms. The van der Waals surface area contributed by atoms with Gasteiger partial charge in [-0.1, -0.05) is 0 Å². The summed E-state index contributed by atoms with van der Waals surface area (Å²) in [5.41, 5.74) is 0. The maximum atomic E-state index is 8.18. The zero-order chi connectivity index (χ0) is 4.99. The third-order valence-corrected chi connectivity index (χ3v) is 0.698. The molecule has 0 aromatic heterocycles. The maximum Gasteiger partial charge on any atom is 0.642 e. The molecule has 0 aliphatic carbocycles. The fourth-order valence-corrected chi connectivity index (χ4v) is 0.289. The van der Waals surface area contributed by atoms with Gasteiger partial charge in [-0.05, 0) is 18.9 Å².